The summed E-state index contributed by atoms with van der Waals surface area (Å²) in [6.45, 7) is 4.18. The smallest absolute Gasteiger partial charge is 0.220 e. The molecule has 0 rings (SSSR count). The molecular weight excluding hydrogens is 228 g/mol. The van der Waals surface area contributed by atoms with Gasteiger partial charge in [0, 0.05) is 11.8 Å². The Morgan fingerprint density at radius 2 is 1.11 bits per heavy atom. The van der Waals surface area contributed by atoms with E-state index in [1.54, 1.807) is 0 Å². The summed E-state index contributed by atoms with van der Waals surface area (Å²) in [7, 11) is 0. The third-order valence-corrected chi connectivity index (χ3v) is 3.48. The highest BCUT2D eigenvalue weighted by Gasteiger charge is 2.20. The Kier molecular flexibility index (Phi) is 9.33. The lowest BCUT2D eigenvalue weighted by molar-refractivity contribution is -0.124. The number of hydrogen-bond donors (Lipinski definition) is 2. The van der Waals surface area contributed by atoms with Crippen molar-refractivity contribution in [1.29, 1.82) is 0 Å². The topological polar surface area (TPSA) is 86.2 Å². The Labute approximate surface area is 110 Å². The third-order valence-electron chi connectivity index (χ3n) is 3.48. The second-order valence-corrected chi connectivity index (χ2v) is 5.06. The zero-order valence-corrected chi connectivity index (χ0v) is 11.8. The average Bonchev–Trinajstić information content (AvgIpc) is 2.31. The molecule has 4 heteroatoms. The summed E-state index contributed by atoms with van der Waals surface area (Å²) in [5.74, 6) is -0.703. The molecular formula is C14H28N2O2. The van der Waals surface area contributed by atoms with E-state index in [0.717, 1.165) is 38.5 Å². The maximum Gasteiger partial charge on any atom is 0.220 e. The van der Waals surface area contributed by atoms with Crippen LogP contribution in [0.15, 0.2) is 0 Å². The van der Waals surface area contributed by atoms with Crippen LogP contribution >= 0.6 is 0 Å². The normalized spacial score (nSPS) is 14.1. The molecule has 4 nitrogen and oxygen atoms in total. The highest BCUT2D eigenvalue weighted by atomic mass is 16.1. The summed E-state index contributed by atoms with van der Waals surface area (Å²) < 4.78 is 0. The van der Waals surface area contributed by atoms with Gasteiger partial charge in [-0.25, -0.2) is 0 Å². The first-order valence-electron chi connectivity index (χ1n) is 7.11. The largest absolute Gasteiger partial charge is 0.369 e. The van der Waals surface area contributed by atoms with Gasteiger partial charge in [-0.05, 0) is 25.7 Å². The molecule has 0 aromatic heterocycles. The maximum atomic E-state index is 11.3. The van der Waals surface area contributed by atoms with Crippen molar-refractivity contribution in [3.05, 3.63) is 0 Å². The van der Waals surface area contributed by atoms with E-state index in [4.69, 9.17) is 11.5 Å². The lowest BCUT2D eigenvalue weighted by atomic mass is 9.89. The molecule has 0 aromatic rings. The fourth-order valence-corrected chi connectivity index (χ4v) is 2.16. The monoisotopic (exact) mass is 256 g/mol. The number of rotatable bonds is 11. The highest BCUT2D eigenvalue weighted by Crippen LogP contribution is 2.21. The van der Waals surface area contributed by atoms with Gasteiger partial charge < -0.3 is 11.5 Å². The van der Waals surface area contributed by atoms with Gasteiger partial charge in [0.1, 0.15) is 0 Å². The first-order chi connectivity index (χ1) is 8.52. The SMILES string of the molecule is CCCCC(CCC(CCCC)C(N)=O)C(N)=O. The number of amides is 2. The quantitative estimate of drug-likeness (QED) is 0.594. The van der Waals surface area contributed by atoms with Gasteiger partial charge in [0.05, 0.1) is 0 Å². The number of carbonyl (C=O) groups excluding carboxylic acids is 2. The molecule has 0 saturated heterocycles. The van der Waals surface area contributed by atoms with Crippen LogP contribution in [0.4, 0.5) is 0 Å². The molecule has 2 unspecified atom stereocenters. The van der Waals surface area contributed by atoms with Crippen molar-refractivity contribution in [2.24, 2.45) is 23.3 Å². The highest BCUT2D eigenvalue weighted by molar-refractivity contribution is 5.78. The second kappa shape index (κ2) is 9.92. The van der Waals surface area contributed by atoms with E-state index in [1.807, 2.05) is 0 Å². The molecule has 0 aromatic carbocycles. The zero-order valence-electron chi connectivity index (χ0n) is 11.8. The summed E-state index contributed by atoms with van der Waals surface area (Å²) >= 11 is 0. The average molecular weight is 256 g/mol. The maximum absolute atomic E-state index is 11.3. The van der Waals surface area contributed by atoms with E-state index in [9.17, 15) is 9.59 Å². The number of unbranched alkanes of at least 4 members (excludes halogenated alkanes) is 2. The van der Waals surface area contributed by atoms with Crippen LogP contribution in [0.2, 0.25) is 0 Å². The number of hydrogen-bond acceptors (Lipinski definition) is 2. The molecule has 0 aliphatic carbocycles. The molecule has 0 aliphatic rings. The second-order valence-electron chi connectivity index (χ2n) is 5.06. The van der Waals surface area contributed by atoms with E-state index < -0.39 is 0 Å². The lowest BCUT2D eigenvalue weighted by Gasteiger charge is -2.17. The molecule has 18 heavy (non-hydrogen) atoms. The van der Waals surface area contributed by atoms with Gasteiger partial charge in [-0.3, -0.25) is 9.59 Å². The third kappa shape index (κ3) is 7.30. The van der Waals surface area contributed by atoms with Crippen LogP contribution in [0.5, 0.6) is 0 Å². The Balaban J connectivity index is 4.18. The van der Waals surface area contributed by atoms with Crippen molar-refractivity contribution in [1.82, 2.24) is 0 Å². The first-order valence-corrected chi connectivity index (χ1v) is 7.11. The Bertz CT molecular complexity index is 228. The molecule has 2 atom stereocenters. The standard InChI is InChI=1S/C14H28N2O2/c1-3-5-7-11(13(15)17)9-10-12(14(16)18)8-6-4-2/h11-12H,3-10H2,1-2H3,(H2,15,17)(H2,16,18). The van der Waals surface area contributed by atoms with Crippen molar-refractivity contribution < 1.29 is 9.59 Å². The summed E-state index contributed by atoms with van der Waals surface area (Å²) in [6, 6.07) is 0. The van der Waals surface area contributed by atoms with E-state index in [1.165, 1.54) is 0 Å². The molecule has 0 spiro atoms. The van der Waals surface area contributed by atoms with E-state index >= 15 is 0 Å². The van der Waals surface area contributed by atoms with Crippen molar-refractivity contribution in [3.8, 4) is 0 Å². The molecule has 0 saturated carbocycles. The summed E-state index contributed by atoms with van der Waals surface area (Å²) in [5.41, 5.74) is 10.8. The van der Waals surface area contributed by atoms with Gasteiger partial charge in [0.2, 0.25) is 11.8 Å². The Morgan fingerprint density at radius 1 is 0.778 bits per heavy atom. The first kappa shape index (κ1) is 16.9. The van der Waals surface area contributed by atoms with Gasteiger partial charge in [0.15, 0.2) is 0 Å². The minimum absolute atomic E-state index is 0.103. The minimum Gasteiger partial charge on any atom is -0.369 e. The lowest BCUT2D eigenvalue weighted by Crippen LogP contribution is -2.27. The van der Waals surface area contributed by atoms with Crippen molar-refractivity contribution in [2.45, 2.75) is 65.2 Å². The zero-order chi connectivity index (χ0) is 14.0. The summed E-state index contributed by atoms with van der Waals surface area (Å²) in [6.07, 6.45) is 7.14. The van der Waals surface area contributed by atoms with Crippen molar-refractivity contribution in [3.63, 3.8) is 0 Å². The molecule has 0 bridgehead atoms. The van der Waals surface area contributed by atoms with Crippen LogP contribution in [0, 0.1) is 11.8 Å². The van der Waals surface area contributed by atoms with Crippen LogP contribution in [-0.2, 0) is 9.59 Å². The van der Waals surface area contributed by atoms with Gasteiger partial charge in [-0.1, -0.05) is 39.5 Å². The Morgan fingerprint density at radius 3 is 1.33 bits per heavy atom. The summed E-state index contributed by atoms with van der Waals surface area (Å²) in [4.78, 5) is 22.6. The van der Waals surface area contributed by atoms with Crippen LogP contribution in [0.3, 0.4) is 0 Å². The molecule has 0 radical (unpaired) electrons. The molecule has 0 heterocycles. The van der Waals surface area contributed by atoms with Crippen LogP contribution in [-0.4, -0.2) is 11.8 Å². The predicted molar refractivity (Wildman–Crippen MR) is 73.7 cm³/mol. The van der Waals surface area contributed by atoms with Gasteiger partial charge >= 0.3 is 0 Å². The molecule has 4 N–H and O–H groups in total. The Hall–Kier alpha value is -1.06. The van der Waals surface area contributed by atoms with E-state index in [0.29, 0.717) is 12.8 Å². The predicted octanol–water partition coefficient (Wildman–Crippen LogP) is 2.35. The van der Waals surface area contributed by atoms with Crippen LogP contribution in [0.25, 0.3) is 0 Å². The minimum atomic E-state index is -0.248. The van der Waals surface area contributed by atoms with E-state index in [-0.39, 0.29) is 23.7 Å². The van der Waals surface area contributed by atoms with Crippen LogP contribution in [0.1, 0.15) is 65.2 Å². The van der Waals surface area contributed by atoms with Crippen LogP contribution < -0.4 is 11.5 Å². The molecule has 0 aliphatic heterocycles. The summed E-state index contributed by atoms with van der Waals surface area (Å²) in [5, 5.41) is 0. The number of primary amides is 2. The molecule has 106 valence electrons. The molecule has 2 amide bonds. The molecule has 0 fully saturated rings. The fraction of sp³-hybridized carbons (Fsp3) is 0.857. The van der Waals surface area contributed by atoms with Crippen molar-refractivity contribution in [2.75, 3.05) is 0 Å². The number of nitrogens with two attached hydrogens (primary N) is 2. The fourth-order valence-electron chi connectivity index (χ4n) is 2.16. The number of carbonyl (C=O) groups is 2. The van der Waals surface area contributed by atoms with E-state index in [2.05, 4.69) is 13.8 Å². The van der Waals surface area contributed by atoms with Gasteiger partial charge in [-0.2, -0.15) is 0 Å². The van der Waals surface area contributed by atoms with Gasteiger partial charge in [-0.15, -0.1) is 0 Å². The van der Waals surface area contributed by atoms with Gasteiger partial charge in [0.25, 0.3) is 0 Å². The van der Waals surface area contributed by atoms with Crippen molar-refractivity contribution >= 4 is 11.8 Å².